The van der Waals surface area contributed by atoms with Crippen LogP contribution >= 0.6 is 11.3 Å². The summed E-state index contributed by atoms with van der Waals surface area (Å²) < 4.78 is 5.54. The Bertz CT molecular complexity index is 557. The second-order valence-electron chi connectivity index (χ2n) is 4.36. The zero-order valence-electron chi connectivity index (χ0n) is 11.2. The quantitative estimate of drug-likeness (QED) is 0.445. The Morgan fingerprint density at radius 3 is 2.95 bits per heavy atom. The fourth-order valence-corrected chi connectivity index (χ4v) is 2.48. The molecule has 2 aromatic rings. The summed E-state index contributed by atoms with van der Waals surface area (Å²) in [5.74, 6) is 0.539. The van der Waals surface area contributed by atoms with Crippen molar-refractivity contribution < 1.29 is 9.66 Å². The molecule has 0 atom stereocenters. The van der Waals surface area contributed by atoms with Crippen LogP contribution in [0.4, 0.5) is 11.4 Å². The zero-order chi connectivity index (χ0) is 14.4. The molecule has 0 unspecified atom stereocenters. The van der Waals surface area contributed by atoms with E-state index < -0.39 is 4.92 Å². The molecule has 0 amide bonds. The number of hydrogen-bond donors (Lipinski definition) is 0. The van der Waals surface area contributed by atoms with Crippen molar-refractivity contribution in [2.24, 2.45) is 0 Å². The molecule has 0 aliphatic heterocycles. The Kier molecular flexibility index (Phi) is 4.95. The van der Waals surface area contributed by atoms with E-state index in [4.69, 9.17) is 4.74 Å². The van der Waals surface area contributed by atoms with Gasteiger partial charge in [0, 0.05) is 30.7 Å². The van der Waals surface area contributed by atoms with Crippen molar-refractivity contribution >= 4 is 22.7 Å². The lowest BCUT2D eigenvalue weighted by molar-refractivity contribution is -0.384. The predicted octanol–water partition coefficient (Wildman–Crippen LogP) is 3.56. The molecule has 0 aliphatic carbocycles. The number of rotatable bonds is 7. The Balaban J connectivity index is 1.76. The van der Waals surface area contributed by atoms with Gasteiger partial charge in [-0.2, -0.15) is 11.3 Å². The van der Waals surface area contributed by atoms with E-state index in [-0.39, 0.29) is 5.69 Å². The lowest BCUT2D eigenvalue weighted by Crippen LogP contribution is -2.19. The SMILES string of the molecule is CN(CCCOc1cccc([N+](=O)[O-])c1)c1ccsc1. The third kappa shape index (κ3) is 3.96. The molecule has 20 heavy (non-hydrogen) atoms. The molecule has 5 nitrogen and oxygen atoms in total. The summed E-state index contributed by atoms with van der Waals surface area (Å²) in [6.07, 6.45) is 0.856. The predicted molar refractivity (Wildman–Crippen MR) is 80.8 cm³/mol. The molecule has 1 aromatic carbocycles. The van der Waals surface area contributed by atoms with Crippen LogP contribution in [0, 0.1) is 10.1 Å². The van der Waals surface area contributed by atoms with Crippen molar-refractivity contribution in [1.82, 2.24) is 0 Å². The number of nitrogens with zero attached hydrogens (tertiary/aromatic N) is 2. The number of nitro benzene ring substituents is 1. The van der Waals surface area contributed by atoms with Crippen molar-refractivity contribution in [2.45, 2.75) is 6.42 Å². The van der Waals surface area contributed by atoms with Gasteiger partial charge < -0.3 is 9.64 Å². The summed E-state index contributed by atoms with van der Waals surface area (Å²) in [4.78, 5) is 12.4. The Morgan fingerprint density at radius 2 is 2.25 bits per heavy atom. The molecular weight excluding hydrogens is 276 g/mol. The van der Waals surface area contributed by atoms with E-state index in [9.17, 15) is 10.1 Å². The molecule has 1 heterocycles. The van der Waals surface area contributed by atoms with Crippen LogP contribution in [-0.2, 0) is 0 Å². The van der Waals surface area contributed by atoms with Crippen molar-refractivity contribution in [1.29, 1.82) is 0 Å². The van der Waals surface area contributed by atoms with Gasteiger partial charge in [0.25, 0.3) is 5.69 Å². The number of benzene rings is 1. The maximum atomic E-state index is 10.6. The number of anilines is 1. The fourth-order valence-electron chi connectivity index (χ4n) is 1.78. The first-order valence-corrected chi connectivity index (χ1v) is 7.21. The molecule has 106 valence electrons. The van der Waals surface area contributed by atoms with Crippen LogP contribution < -0.4 is 9.64 Å². The second-order valence-corrected chi connectivity index (χ2v) is 5.14. The van der Waals surface area contributed by atoms with Gasteiger partial charge in [0.2, 0.25) is 0 Å². The first-order chi connectivity index (χ1) is 9.66. The van der Waals surface area contributed by atoms with Gasteiger partial charge in [-0.05, 0) is 23.9 Å². The van der Waals surface area contributed by atoms with Crippen LogP contribution in [0.1, 0.15) is 6.42 Å². The maximum absolute atomic E-state index is 10.6. The van der Waals surface area contributed by atoms with Crippen LogP contribution in [0.2, 0.25) is 0 Å². The number of ether oxygens (including phenoxy) is 1. The van der Waals surface area contributed by atoms with Gasteiger partial charge in [-0.15, -0.1) is 0 Å². The molecule has 0 saturated heterocycles. The van der Waals surface area contributed by atoms with Crippen molar-refractivity contribution in [2.75, 3.05) is 25.1 Å². The second kappa shape index (κ2) is 6.91. The molecule has 1 aromatic heterocycles. The molecule has 0 spiro atoms. The van der Waals surface area contributed by atoms with Crippen molar-refractivity contribution in [3.63, 3.8) is 0 Å². The van der Waals surface area contributed by atoms with Crippen LogP contribution in [0.25, 0.3) is 0 Å². The van der Waals surface area contributed by atoms with Crippen LogP contribution in [0.15, 0.2) is 41.1 Å². The zero-order valence-corrected chi connectivity index (χ0v) is 12.0. The summed E-state index contributed by atoms with van der Waals surface area (Å²) in [6.45, 7) is 1.42. The minimum absolute atomic E-state index is 0.0536. The van der Waals surface area contributed by atoms with Crippen molar-refractivity contribution in [3.05, 3.63) is 51.2 Å². The molecule has 0 saturated carbocycles. The van der Waals surface area contributed by atoms with Gasteiger partial charge >= 0.3 is 0 Å². The number of nitro groups is 1. The largest absolute Gasteiger partial charge is 0.493 e. The molecule has 0 N–H and O–H groups in total. The third-order valence-electron chi connectivity index (χ3n) is 2.88. The monoisotopic (exact) mass is 292 g/mol. The average Bonchev–Trinajstić information content (AvgIpc) is 2.98. The maximum Gasteiger partial charge on any atom is 0.273 e. The van der Waals surface area contributed by atoms with Gasteiger partial charge in [-0.3, -0.25) is 10.1 Å². The summed E-state index contributed by atoms with van der Waals surface area (Å²) in [7, 11) is 2.04. The summed E-state index contributed by atoms with van der Waals surface area (Å²) >= 11 is 1.67. The normalized spacial score (nSPS) is 10.2. The molecule has 0 aliphatic rings. The van der Waals surface area contributed by atoms with Crippen molar-refractivity contribution in [3.8, 4) is 5.75 Å². The van der Waals surface area contributed by atoms with Crippen LogP contribution in [0.5, 0.6) is 5.75 Å². The highest BCUT2D eigenvalue weighted by Crippen LogP contribution is 2.19. The van der Waals surface area contributed by atoms with E-state index in [1.54, 1.807) is 23.5 Å². The number of hydrogen-bond acceptors (Lipinski definition) is 5. The minimum atomic E-state index is -0.419. The Hall–Kier alpha value is -2.08. The summed E-state index contributed by atoms with van der Waals surface area (Å²) in [6, 6.07) is 8.34. The fraction of sp³-hybridized carbons (Fsp3) is 0.286. The Labute approximate surface area is 121 Å². The van der Waals surface area contributed by atoms with Gasteiger partial charge in [0.15, 0.2) is 0 Å². The smallest absolute Gasteiger partial charge is 0.273 e. The minimum Gasteiger partial charge on any atom is -0.493 e. The highest BCUT2D eigenvalue weighted by Gasteiger charge is 2.06. The molecule has 0 bridgehead atoms. The summed E-state index contributed by atoms with van der Waals surface area (Å²) in [5.41, 5.74) is 1.25. The average molecular weight is 292 g/mol. The third-order valence-corrected chi connectivity index (χ3v) is 3.55. The van der Waals surface area contributed by atoms with E-state index in [2.05, 4.69) is 16.3 Å². The summed E-state index contributed by atoms with van der Waals surface area (Å²) in [5, 5.41) is 14.8. The van der Waals surface area contributed by atoms with E-state index in [1.807, 2.05) is 12.4 Å². The lowest BCUT2D eigenvalue weighted by atomic mass is 10.3. The molecule has 2 rings (SSSR count). The molecular formula is C14H16N2O3S. The molecule has 6 heteroatoms. The van der Waals surface area contributed by atoms with Gasteiger partial charge in [0.1, 0.15) is 5.75 Å². The standard InChI is InChI=1S/C14H16N2O3S/c1-15(13-6-9-20-11-13)7-3-8-19-14-5-2-4-12(10-14)16(17)18/h2,4-6,9-11H,3,7-8H2,1H3. The van der Waals surface area contributed by atoms with E-state index in [1.165, 1.54) is 17.8 Å². The van der Waals surface area contributed by atoms with Crippen LogP contribution in [0.3, 0.4) is 0 Å². The van der Waals surface area contributed by atoms with E-state index >= 15 is 0 Å². The van der Waals surface area contributed by atoms with Gasteiger partial charge in [-0.25, -0.2) is 0 Å². The van der Waals surface area contributed by atoms with E-state index in [0.29, 0.717) is 12.4 Å². The van der Waals surface area contributed by atoms with E-state index in [0.717, 1.165) is 13.0 Å². The lowest BCUT2D eigenvalue weighted by Gasteiger charge is -2.17. The topological polar surface area (TPSA) is 55.6 Å². The van der Waals surface area contributed by atoms with Gasteiger partial charge in [0.05, 0.1) is 17.6 Å². The molecule has 0 fully saturated rings. The molecule has 0 radical (unpaired) electrons. The highest BCUT2D eigenvalue weighted by atomic mass is 32.1. The van der Waals surface area contributed by atoms with Gasteiger partial charge in [-0.1, -0.05) is 6.07 Å². The first kappa shape index (κ1) is 14.3. The first-order valence-electron chi connectivity index (χ1n) is 6.27. The van der Waals surface area contributed by atoms with Crippen LogP contribution in [-0.4, -0.2) is 25.1 Å². The highest BCUT2D eigenvalue weighted by molar-refractivity contribution is 7.08. The number of thiophene rings is 1. The number of non-ortho nitro benzene ring substituents is 1. The Morgan fingerprint density at radius 1 is 1.40 bits per heavy atom.